The van der Waals surface area contributed by atoms with Gasteiger partial charge in [-0.05, 0) is 48.9 Å². The number of hydrogen-bond acceptors (Lipinski definition) is 5. The summed E-state index contributed by atoms with van der Waals surface area (Å²) in [6.07, 6.45) is 0. The second-order valence-corrected chi connectivity index (χ2v) is 8.88. The van der Waals surface area contributed by atoms with Crippen molar-refractivity contribution in [3.05, 3.63) is 84.4 Å². The fraction of sp³-hybridized carbons (Fsp3) is 0.208. The van der Waals surface area contributed by atoms with Gasteiger partial charge < -0.3 is 14.4 Å². The molecular formula is C24H26N2O5S. The number of benzene rings is 3. The highest BCUT2D eigenvalue weighted by atomic mass is 32.2. The zero-order valence-corrected chi connectivity index (χ0v) is 19.0. The predicted octanol–water partition coefficient (Wildman–Crippen LogP) is 3.78. The Hall–Kier alpha value is -3.36. The van der Waals surface area contributed by atoms with Gasteiger partial charge in [-0.15, -0.1) is 0 Å². The molecule has 3 aromatic rings. The Morgan fingerprint density at radius 3 is 2.31 bits per heavy atom. The summed E-state index contributed by atoms with van der Waals surface area (Å²) in [6.45, 7) is 1.60. The lowest BCUT2D eigenvalue weighted by molar-refractivity contribution is -0.120. The van der Waals surface area contributed by atoms with Gasteiger partial charge in [-0.1, -0.05) is 36.4 Å². The Labute approximate surface area is 188 Å². The normalized spacial score (nSPS) is 12.1. The quantitative estimate of drug-likeness (QED) is 0.532. The number of anilines is 1. The lowest BCUT2D eigenvalue weighted by Gasteiger charge is -2.18. The van der Waals surface area contributed by atoms with Crippen LogP contribution in [-0.2, 0) is 14.8 Å². The molecule has 7 nitrogen and oxygen atoms in total. The van der Waals surface area contributed by atoms with Crippen molar-refractivity contribution in [3.8, 4) is 11.5 Å². The minimum Gasteiger partial charge on any atom is -0.497 e. The molecule has 1 unspecified atom stereocenters. The third-order valence-electron chi connectivity index (χ3n) is 4.94. The summed E-state index contributed by atoms with van der Waals surface area (Å²) in [6, 6.07) is 22.0. The van der Waals surface area contributed by atoms with Gasteiger partial charge in [0, 0.05) is 24.8 Å². The van der Waals surface area contributed by atoms with E-state index in [2.05, 4.69) is 4.72 Å². The van der Waals surface area contributed by atoms with Gasteiger partial charge in [0.2, 0.25) is 10.0 Å². The van der Waals surface area contributed by atoms with Crippen LogP contribution < -0.4 is 19.1 Å². The number of rotatable bonds is 9. The SMILES string of the molecule is COc1cccc(N(C)C(=O)COc2ccc(S(=O)(=O)NC(C)c3ccccc3)cc2)c1. The van der Waals surface area contributed by atoms with E-state index in [9.17, 15) is 13.2 Å². The van der Waals surface area contributed by atoms with Crippen molar-refractivity contribution in [1.29, 1.82) is 0 Å². The average Bonchev–Trinajstić information content (AvgIpc) is 2.82. The molecule has 1 N–H and O–H groups in total. The first-order valence-corrected chi connectivity index (χ1v) is 11.5. The van der Waals surface area contributed by atoms with Crippen LogP contribution in [0.4, 0.5) is 5.69 Å². The molecule has 0 spiro atoms. The molecular weight excluding hydrogens is 428 g/mol. The molecule has 3 rings (SSSR count). The Balaban J connectivity index is 1.59. The molecule has 8 heteroatoms. The summed E-state index contributed by atoms with van der Waals surface area (Å²) < 4.78 is 38.7. The molecule has 32 heavy (non-hydrogen) atoms. The third-order valence-corrected chi connectivity index (χ3v) is 6.50. The maximum absolute atomic E-state index is 12.7. The summed E-state index contributed by atoms with van der Waals surface area (Å²) in [4.78, 5) is 14.0. The Morgan fingerprint density at radius 1 is 0.969 bits per heavy atom. The maximum atomic E-state index is 12.7. The van der Waals surface area contributed by atoms with E-state index in [1.807, 2.05) is 30.3 Å². The zero-order chi connectivity index (χ0) is 23.1. The van der Waals surface area contributed by atoms with Gasteiger partial charge in [0.1, 0.15) is 11.5 Å². The average molecular weight is 455 g/mol. The first kappa shape index (κ1) is 23.3. The molecule has 0 radical (unpaired) electrons. The zero-order valence-electron chi connectivity index (χ0n) is 18.2. The van der Waals surface area contributed by atoms with E-state index >= 15 is 0 Å². The second-order valence-electron chi connectivity index (χ2n) is 7.17. The highest BCUT2D eigenvalue weighted by Gasteiger charge is 2.19. The summed E-state index contributed by atoms with van der Waals surface area (Å²) in [5, 5.41) is 0. The largest absolute Gasteiger partial charge is 0.497 e. The number of amides is 1. The standard InChI is InChI=1S/C24H26N2O5S/c1-18(19-8-5-4-6-9-19)25-32(28,29)23-14-12-21(13-15-23)31-17-24(27)26(2)20-10-7-11-22(16-20)30-3/h4-16,18,25H,17H2,1-3H3. The maximum Gasteiger partial charge on any atom is 0.264 e. The molecule has 1 amide bonds. The topological polar surface area (TPSA) is 84.9 Å². The Morgan fingerprint density at radius 2 is 1.66 bits per heavy atom. The fourth-order valence-corrected chi connectivity index (χ4v) is 4.26. The van der Waals surface area contributed by atoms with Crippen molar-refractivity contribution in [2.24, 2.45) is 0 Å². The number of methoxy groups -OCH3 is 1. The van der Waals surface area contributed by atoms with E-state index in [1.54, 1.807) is 45.3 Å². The summed E-state index contributed by atoms with van der Waals surface area (Å²) in [5.74, 6) is 0.788. The van der Waals surface area contributed by atoms with Gasteiger partial charge in [0.15, 0.2) is 6.61 Å². The van der Waals surface area contributed by atoms with Crippen LogP contribution in [0.25, 0.3) is 0 Å². The number of likely N-dealkylation sites (N-methyl/N-ethyl adjacent to an activating group) is 1. The molecule has 0 aliphatic rings. The van der Waals surface area contributed by atoms with Gasteiger partial charge in [-0.2, -0.15) is 0 Å². The molecule has 0 aromatic heterocycles. The molecule has 0 bridgehead atoms. The van der Waals surface area contributed by atoms with E-state index < -0.39 is 10.0 Å². The van der Waals surface area contributed by atoms with Gasteiger partial charge in [-0.25, -0.2) is 13.1 Å². The minimum absolute atomic E-state index is 0.118. The lowest BCUT2D eigenvalue weighted by Crippen LogP contribution is -2.31. The molecule has 0 saturated carbocycles. The summed E-state index contributed by atoms with van der Waals surface area (Å²) >= 11 is 0. The van der Waals surface area contributed by atoms with Crippen LogP contribution in [0.5, 0.6) is 11.5 Å². The van der Waals surface area contributed by atoms with Gasteiger partial charge in [0.25, 0.3) is 5.91 Å². The third kappa shape index (κ3) is 5.87. The first-order valence-electron chi connectivity index (χ1n) is 10.0. The van der Waals surface area contributed by atoms with Crippen LogP contribution in [0.3, 0.4) is 0 Å². The smallest absolute Gasteiger partial charge is 0.264 e. The van der Waals surface area contributed by atoms with Crippen LogP contribution in [0.2, 0.25) is 0 Å². The van der Waals surface area contributed by atoms with Crippen LogP contribution >= 0.6 is 0 Å². The van der Waals surface area contributed by atoms with Crippen molar-refractivity contribution in [2.75, 3.05) is 25.7 Å². The van der Waals surface area contributed by atoms with Gasteiger partial charge in [-0.3, -0.25) is 4.79 Å². The lowest BCUT2D eigenvalue weighted by atomic mass is 10.1. The van der Waals surface area contributed by atoms with Crippen LogP contribution in [0.1, 0.15) is 18.5 Å². The molecule has 0 aliphatic heterocycles. The molecule has 168 valence electrons. The van der Waals surface area contributed by atoms with Crippen LogP contribution in [0, 0.1) is 0 Å². The van der Waals surface area contributed by atoms with Gasteiger partial charge >= 0.3 is 0 Å². The van der Waals surface area contributed by atoms with E-state index in [1.165, 1.54) is 29.2 Å². The molecule has 0 heterocycles. The molecule has 0 saturated heterocycles. The van der Waals surface area contributed by atoms with Crippen molar-refractivity contribution in [3.63, 3.8) is 0 Å². The van der Waals surface area contributed by atoms with Gasteiger partial charge in [0.05, 0.1) is 12.0 Å². The number of carbonyl (C=O) groups excluding carboxylic acids is 1. The van der Waals surface area contributed by atoms with E-state index in [0.717, 1.165) is 5.56 Å². The molecule has 0 fully saturated rings. The second kappa shape index (κ2) is 10.3. The highest BCUT2D eigenvalue weighted by molar-refractivity contribution is 7.89. The monoisotopic (exact) mass is 454 g/mol. The number of carbonyl (C=O) groups is 1. The van der Waals surface area contributed by atoms with Crippen molar-refractivity contribution in [1.82, 2.24) is 4.72 Å². The number of sulfonamides is 1. The Kier molecular flexibility index (Phi) is 7.50. The number of ether oxygens (including phenoxy) is 2. The summed E-state index contributed by atoms with van der Waals surface area (Å²) in [7, 11) is -0.495. The van der Waals surface area contributed by atoms with E-state index in [0.29, 0.717) is 17.2 Å². The number of nitrogens with one attached hydrogen (secondary N) is 1. The molecule has 0 aliphatic carbocycles. The van der Waals surface area contributed by atoms with Crippen LogP contribution in [0.15, 0.2) is 83.8 Å². The van der Waals surface area contributed by atoms with E-state index in [-0.39, 0.29) is 23.5 Å². The van der Waals surface area contributed by atoms with Crippen LogP contribution in [-0.4, -0.2) is 35.1 Å². The van der Waals surface area contributed by atoms with Crippen molar-refractivity contribution in [2.45, 2.75) is 17.9 Å². The number of hydrogen-bond donors (Lipinski definition) is 1. The minimum atomic E-state index is -3.70. The highest BCUT2D eigenvalue weighted by Crippen LogP contribution is 2.21. The predicted molar refractivity (Wildman–Crippen MR) is 124 cm³/mol. The first-order chi connectivity index (χ1) is 15.3. The van der Waals surface area contributed by atoms with E-state index in [4.69, 9.17) is 9.47 Å². The summed E-state index contributed by atoms with van der Waals surface area (Å²) in [5.41, 5.74) is 1.55. The fourth-order valence-electron chi connectivity index (χ4n) is 3.03. The Bertz CT molecular complexity index is 1150. The molecule has 1 atom stereocenters. The molecule has 3 aromatic carbocycles. The van der Waals surface area contributed by atoms with Crippen molar-refractivity contribution >= 4 is 21.6 Å². The van der Waals surface area contributed by atoms with Crippen molar-refractivity contribution < 1.29 is 22.7 Å². The number of nitrogens with zero attached hydrogens (tertiary/aromatic N) is 1.